The van der Waals surface area contributed by atoms with Gasteiger partial charge in [-0.15, -0.1) is 0 Å². The van der Waals surface area contributed by atoms with Gasteiger partial charge in [-0.05, 0) is 13.8 Å². The van der Waals surface area contributed by atoms with Crippen molar-refractivity contribution in [3.8, 4) is 11.4 Å². The quantitative estimate of drug-likeness (QED) is 0.914. The minimum absolute atomic E-state index is 0.0123. The fraction of sp³-hybridized carbons (Fsp3) is 0.333. The number of benzene rings is 1. The number of carbonyl (C=O) groups excluding carboxylic acids is 1. The number of rotatable bonds is 3. The zero-order valence-corrected chi connectivity index (χ0v) is 14.0. The lowest BCUT2D eigenvalue weighted by Gasteiger charge is -2.35. The van der Waals surface area contributed by atoms with E-state index in [0.717, 1.165) is 5.56 Å². The van der Waals surface area contributed by atoms with Gasteiger partial charge in [0.1, 0.15) is 0 Å². The molecular weight excluding hydrogens is 322 g/mol. The molecule has 7 nitrogen and oxygen atoms in total. The van der Waals surface area contributed by atoms with Crippen LogP contribution >= 0.6 is 0 Å². The van der Waals surface area contributed by atoms with Gasteiger partial charge >= 0.3 is 5.97 Å². The Hall–Kier alpha value is -2.80. The van der Waals surface area contributed by atoms with Gasteiger partial charge in [0.15, 0.2) is 11.9 Å². The van der Waals surface area contributed by atoms with Crippen LogP contribution in [0.5, 0.6) is 0 Å². The summed E-state index contributed by atoms with van der Waals surface area (Å²) < 4.78 is 5.35. The van der Waals surface area contributed by atoms with Gasteiger partial charge in [0, 0.05) is 18.3 Å². The Morgan fingerprint density at radius 3 is 2.60 bits per heavy atom. The van der Waals surface area contributed by atoms with Crippen LogP contribution in [-0.2, 0) is 9.53 Å². The summed E-state index contributed by atoms with van der Waals surface area (Å²) in [6, 6.07) is 9.50. The number of aliphatic carboxylic acids is 1. The Morgan fingerprint density at radius 1 is 1.24 bits per heavy atom. The molecule has 1 N–H and O–H groups in total. The highest BCUT2D eigenvalue weighted by Crippen LogP contribution is 2.19. The van der Waals surface area contributed by atoms with Crippen LogP contribution < -0.4 is 0 Å². The van der Waals surface area contributed by atoms with E-state index in [4.69, 9.17) is 9.84 Å². The van der Waals surface area contributed by atoms with Gasteiger partial charge in [-0.2, -0.15) is 0 Å². The Bertz CT molecular complexity index is 794. The van der Waals surface area contributed by atoms with E-state index in [1.165, 1.54) is 11.1 Å². The number of carboxylic acids is 1. The van der Waals surface area contributed by atoms with E-state index >= 15 is 0 Å². The molecule has 2 atom stereocenters. The minimum atomic E-state index is -1.07. The second-order valence-electron chi connectivity index (χ2n) is 6.04. The van der Waals surface area contributed by atoms with E-state index in [1.54, 1.807) is 13.8 Å². The van der Waals surface area contributed by atoms with Crippen LogP contribution in [0.1, 0.15) is 23.0 Å². The first kappa shape index (κ1) is 17.0. The summed E-state index contributed by atoms with van der Waals surface area (Å²) in [5.74, 6) is -0.802. The molecule has 25 heavy (non-hydrogen) atoms. The van der Waals surface area contributed by atoms with Gasteiger partial charge in [-0.1, -0.05) is 30.3 Å². The minimum Gasteiger partial charge on any atom is -0.479 e. The number of hydrogen-bond acceptors (Lipinski definition) is 5. The molecule has 1 aliphatic rings. The molecule has 2 heterocycles. The van der Waals surface area contributed by atoms with E-state index in [-0.39, 0.29) is 18.6 Å². The Morgan fingerprint density at radius 2 is 1.96 bits per heavy atom. The van der Waals surface area contributed by atoms with Gasteiger partial charge in [-0.25, -0.2) is 14.8 Å². The molecular formula is C18H19N3O4. The molecule has 0 saturated carbocycles. The molecule has 1 unspecified atom stereocenters. The van der Waals surface area contributed by atoms with Crippen molar-refractivity contribution in [3.05, 3.63) is 47.8 Å². The standard InChI is InChI=1S/C18H19N3O4/c1-11-9-21(10-15(25-11)18(23)24)17(22)14-8-19-16(20-12(14)2)13-6-4-3-5-7-13/h3-8,11,15H,9-10H2,1-2H3,(H,23,24)/t11-,15?/m1/s1. The molecule has 0 bridgehead atoms. The fourth-order valence-corrected chi connectivity index (χ4v) is 2.83. The van der Waals surface area contributed by atoms with Crippen LogP contribution in [0, 0.1) is 6.92 Å². The van der Waals surface area contributed by atoms with Gasteiger partial charge in [0.05, 0.1) is 23.9 Å². The predicted molar refractivity (Wildman–Crippen MR) is 90.1 cm³/mol. The summed E-state index contributed by atoms with van der Waals surface area (Å²) in [5.41, 5.74) is 1.80. The van der Waals surface area contributed by atoms with E-state index in [1.807, 2.05) is 30.3 Å². The third-order valence-corrected chi connectivity index (χ3v) is 4.06. The first-order valence-electron chi connectivity index (χ1n) is 8.02. The molecule has 1 fully saturated rings. The number of nitrogens with zero attached hydrogens (tertiary/aromatic N) is 3. The summed E-state index contributed by atoms with van der Waals surface area (Å²) in [7, 11) is 0. The van der Waals surface area contributed by atoms with Crippen molar-refractivity contribution in [2.45, 2.75) is 26.1 Å². The fourth-order valence-electron chi connectivity index (χ4n) is 2.83. The highest BCUT2D eigenvalue weighted by atomic mass is 16.5. The highest BCUT2D eigenvalue weighted by Gasteiger charge is 2.33. The Balaban J connectivity index is 1.84. The van der Waals surface area contributed by atoms with Gasteiger partial charge < -0.3 is 14.7 Å². The van der Waals surface area contributed by atoms with Gasteiger partial charge in [0.25, 0.3) is 5.91 Å². The van der Waals surface area contributed by atoms with Crippen molar-refractivity contribution < 1.29 is 19.4 Å². The number of amides is 1. The SMILES string of the molecule is Cc1nc(-c2ccccc2)ncc1C(=O)N1CC(C(=O)O)O[C@H](C)C1. The highest BCUT2D eigenvalue weighted by molar-refractivity contribution is 5.95. The lowest BCUT2D eigenvalue weighted by molar-refractivity contribution is -0.160. The molecule has 130 valence electrons. The maximum Gasteiger partial charge on any atom is 0.334 e. The number of morpholine rings is 1. The molecule has 7 heteroatoms. The number of carboxylic acid groups (broad SMARTS) is 1. The molecule has 1 aromatic heterocycles. The average Bonchev–Trinajstić information content (AvgIpc) is 2.61. The van der Waals surface area contributed by atoms with Crippen molar-refractivity contribution in [2.75, 3.05) is 13.1 Å². The molecule has 3 rings (SSSR count). The van der Waals surface area contributed by atoms with E-state index in [0.29, 0.717) is 23.6 Å². The van der Waals surface area contributed by atoms with Gasteiger partial charge in [-0.3, -0.25) is 4.79 Å². The summed E-state index contributed by atoms with van der Waals surface area (Å²) >= 11 is 0. The molecule has 1 aromatic carbocycles. The van der Waals surface area contributed by atoms with Crippen molar-refractivity contribution in [1.29, 1.82) is 0 Å². The molecule has 0 spiro atoms. The molecule has 1 amide bonds. The topological polar surface area (TPSA) is 92.6 Å². The first-order chi connectivity index (χ1) is 12.0. The van der Waals surface area contributed by atoms with Crippen LogP contribution in [0.4, 0.5) is 0 Å². The zero-order chi connectivity index (χ0) is 18.0. The number of hydrogen-bond donors (Lipinski definition) is 1. The van der Waals surface area contributed by atoms with Crippen LogP contribution in [0.3, 0.4) is 0 Å². The van der Waals surface area contributed by atoms with Crippen molar-refractivity contribution in [3.63, 3.8) is 0 Å². The third kappa shape index (κ3) is 3.66. The first-order valence-corrected chi connectivity index (χ1v) is 8.02. The number of aryl methyl sites for hydroxylation is 1. The maximum absolute atomic E-state index is 12.8. The molecule has 0 aliphatic carbocycles. The Kier molecular flexibility index (Phi) is 4.76. The van der Waals surface area contributed by atoms with Crippen molar-refractivity contribution in [1.82, 2.24) is 14.9 Å². The number of ether oxygens (including phenoxy) is 1. The van der Waals surface area contributed by atoms with Crippen LogP contribution in [0.2, 0.25) is 0 Å². The molecule has 1 aliphatic heterocycles. The average molecular weight is 341 g/mol. The van der Waals surface area contributed by atoms with Crippen molar-refractivity contribution >= 4 is 11.9 Å². The summed E-state index contributed by atoms with van der Waals surface area (Å²) in [6.45, 7) is 3.85. The van der Waals surface area contributed by atoms with Crippen LogP contribution in [0.25, 0.3) is 11.4 Å². The Labute approximate surface area is 145 Å². The monoisotopic (exact) mass is 341 g/mol. The lowest BCUT2D eigenvalue weighted by Crippen LogP contribution is -2.51. The summed E-state index contributed by atoms with van der Waals surface area (Å²) in [6.07, 6.45) is 0.143. The largest absolute Gasteiger partial charge is 0.479 e. The van der Waals surface area contributed by atoms with Crippen LogP contribution in [0.15, 0.2) is 36.5 Å². The van der Waals surface area contributed by atoms with E-state index in [2.05, 4.69) is 9.97 Å². The third-order valence-electron chi connectivity index (χ3n) is 4.06. The van der Waals surface area contributed by atoms with E-state index < -0.39 is 12.1 Å². The molecule has 0 radical (unpaired) electrons. The maximum atomic E-state index is 12.8. The van der Waals surface area contributed by atoms with Crippen molar-refractivity contribution in [2.24, 2.45) is 0 Å². The summed E-state index contributed by atoms with van der Waals surface area (Å²) in [4.78, 5) is 34.2. The van der Waals surface area contributed by atoms with E-state index in [9.17, 15) is 9.59 Å². The van der Waals surface area contributed by atoms with Gasteiger partial charge in [0.2, 0.25) is 0 Å². The molecule has 1 saturated heterocycles. The number of carbonyl (C=O) groups is 2. The predicted octanol–water partition coefficient (Wildman–Crippen LogP) is 1.77. The smallest absolute Gasteiger partial charge is 0.334 e. The lowest BCUT2D eigenvalue weighted by atomic mass is 10.1. The normalized spacial score (nSPS) is 20.3. The molecule has 2 aromatic rings. The zero-order valence-electron chi connectivity index (χ0n) is 14.0. The number of aromatic nitrogens is 2. The second kappa shape index (κ2) is 6.98. The second-order valence-corrected chi connectivity index (χ2v) is 6.04. The summed E-state index contributed by atoms with van der Waals surface area (Å²) in [5, 5.41) is 9.16. The van der Waals surface area contributed by atoms with Crippen LogP contribution in [-0.4, -0.2) is 57.1 Å².